The largest absolute Gasteiger partial charge is 0.127 e. The Bertz CT molecular complexity index is 140. The minimum atomic E-state index is -0.701. The maximum atomic E-state index is 6.03. The van der Waals surface area contributed by atoms with Gasteiger partial charge < -0.3 is 0 Å². The summed E-state index contributed by atoms with van der Waals surface area (Å²) >= 11 is 34.6. The summed E-state index contributed by atoms with van der Waals surface area (Å²) in [6, 6.07) is 0. The zero-order valence-corrected chi connectivity index (χ0v) is 11.9. The smallest absolute Gasteiger partial charge is 0.125 e. The Labute approximate surface area is 115 Å². The van der Waals surface area contributed by atoms with Gasteiger partial charge in [-0.1, -0.05) is 6.42 Å². The van der Waals surface area contributed by atoms with Gasteiger partial charge in [-0.3, -0.25) is 0 Å². The molecule has 0 amide bonds. The van der Waals surface area contributed by atoms with Crippen molar-refractivity contribution in [3.63, 3.8) is 0 Å². The van der Waals surface area contributed by atoms with E-state index in [4.69, 9.17) is 69.6 Å². The van der Waals surface area contributed by atoms with Crippen LogP contribution in [-0.2, 0) is 0 Å². The Morgan fingerprint density at radius 3 is 1.79 bits per heavy atom. The normalized spacial score (nSPS) is 18.2. The molecule has 0 aromatic rings. The molecule has 0 aromatic heterocycles. The van der Waals surface area contributed by atoms with Crippen molar-refractivity contribution in [3.05, 3.63) is 0 Å². The summed E-state index contributed by atoms with van der Waals surface area (Å²) in [6.45, 7) is 0. The molecule has 3 atom stereocenters. The molecule has 0 N–H and O–H groups in total. The minimum Gasteiger partial charge on any atom is -0.127 e. The lowest BCUT2D eigenvalue weighted by molar-refractivity contribution is 0.639. The van der Waals surface area contributed by atoms with E-state index in [1.54, 1.807) is 0 Å². The van der Waals surface area contributed by atoms with Gasteiger partial charge in [0.05, 0.1) is 16.1 Å². The summed E-state index contributed by atoms with van der Waals surface area (Å²) in [6.07, 6.45) is 2.62. The number of hydrogen-bond donors (Lipinski definition) is 0. The molecule has 0 aromatic carbocycles. The quantitative estimate of drug-likeness (QED) is 0.456. The highest BCUT2D eigenvalue weighted by Gasteiger charge is 2.28. The van der Waals surface area contributed by atoms with E-state index in [2.05, 4.69) is 0 Å². The highest BCUT2D eigenvalue weighted by molar-refractivity contribution is 6.50. The van der Waals surface area contributed by atoms with Crippen LogP contribution in [0.1, 0.15) is 19.3 Å². The fourth-order valence-corrected chi connectivity index (χ4v) is 2.42. The maximum absolute atomic E-state index is 6.03. The number of halogens is 6. The van der Waals surface area contributed by atoms with Crippen LogP contribution in [-0.4, -0.2) is 26.8 Å². The summed E-state index contributed by atoms with van der Waals surface area (Å²) in [4.78, 5) is -0.701. The highest BCUT2D eigenvalue weighted by Crippen LogP contribution is 2.28. The molecule has 0 aliphatic heterocycles. The maximum Gasteiger partial charge on any atom is 0.125 e. The van der Waals surface area contributed by atoms with Gasteiger partial charge >= 0.3 is 0 Å². The third kappa shape index (κ3) is 6.35. The molecule has 14 heavy (non-hydrogen) atoms. The molecule has 0 radical (unpaired) electrons. The van der Waals surface area contributed by atoms with Gasteiger partial charge in [0.2, 0.25) is 0 Å². The molecule has 0 aliphatic rings. The Morgan fingerprint density at radius 1 is 0.786 bits per heavy atom. The van der Waals surface area contributed by atoms with Crippen molar-refractivity contribution in [1.29, 1.82) is 0 Å². The molecular formula is C8H12Cl6. The second-order valence-electron chi connectivity index (χ2n) is 2.92. The first kappa shape index (κ1) is 15.7. The Balaban J connectivity index is 3.80. The van der Waals surface area contributed by atoms with E-state index in [-0.39, 0.29) is 5.38 Å². The SMILES string of the molecule is ClCCCCC(Cl)C(Cl)C(Cl)C(Cl)Cl. The first-order valence-corrected chi connectivity index (χ1v) is 6.98. The Kier molecular flexibility index (Phi) is 9.94. The van der Waals surface area contributed by atoms with Crippen LogP contribution in [0.5, 0.6) is 0 Å². The zero-order valence-electron chi connectivity index (χ0n) is 7.41. The lowest BCUT2D eigenvalue weighted by Crippen LogP contribution is -2.30. The molecule has 0 nitrogen and oxygen atoms in total. The highest BCUT2D eigenvalue weighted by atomic mass is 35.5. The van der Waals surface area contributed by atoms with Crippen molar-refractivity contribution in [3.8, 4) is 0 Å². The molecule has 0 aliphatic carbocycles. The van der Waals surface area contributed by atoms with Crippen LogP contribution < -0.4 is 0 Å². The van der Waals surface area contributed by atoms with Crippen LogP contribution in [0.4, 0.5) is 0 Å². The fraction of sp³-hybridized carbons (Fsp3) is 1.00. The molecule has 0 saturated heterocycles. The van der Waals surface area contributed by atoms with Gasteiger partial charge in [0.1, 0.15) is 4.84 Å². The van der Waals surface area contributed by atoms with Crippen molar-refractivity contribution in [2.75, 3.05) is 5.88 Å². The van der Waals surface area contributed by atoms with E-state index >= 15 is 0 Å². The molecule has 86 valence electrons. The first-order chi connectivity index (χ1) is 6.50. The van der Waals surface area contributed by atoms with Crippen molar-refractivity contribution < 1.29 is 0 Å². The number of rotatable bonds is 7. The third-order valence-electron chi connectivity index (χ3n) is 1.75. The van der Waals surface area contributed by atoms with Crippen LogP contribution in [0.3, 0.4) is 0 Å². The lowest BCUT2D eigenvalue weighted by atomic mass is 10.1. The topological polar surface area (TPSA) is 0 Å². The predicted molar refractivity (Wildman–Crippen MR) is 69.0 cm³/mol. The van der Waals surface area contributed by atoms with Gasteiger partial charge in [-0.25, -0.2) is 0 Å². The standard InChI is InChI=1S/C8H12Cl6/c9-4-2-1-3-5(10)6(11)7(12)8(13)14/h5-8H,1-4H2. The Morgan fingerprint density at radius 2 is 1.36 bits per heavy atom. The summed E-state index contributed by atoms with van der Waals surface area (Å²) < 4.78 is 0. The molecule has 0 bridgehead atoms. The second kappa shape index (κ2) is 8.84. The molecule has 3 unspecified atom stereocenters. The van der Waals surface area contributed by atoms with Crippen molar-refractivity contribution in [1.82, 2.24) is 0 Å². The average Bonchev–Trinajstić information content (AvgIpc) is 2.15. The van der Waals surface area contributed by atoms with Crippen LogP contribution in [0.25, 0.3) is 0 Å². The lowest BCUT2D eigenvalue weighted by Gasteiger charge is -2.21. The third-order valence-corrected chi connectivity index (χ3v) is 4.67. The molecule has 0 heterocycles. The van der Waals surface area contributed by atoms with Gasteiger partial charge in [0.25, 0.3) is 0 Å². The van der Waals surface area contributed by atoms with E-state index in [0.717, 1.165) is 19.3 Å². The summed E-state index contributed by atoms with van der Waals surface area (Å²) in [5.41, 5.74) is 0. The predicted octanol–water partition coefficient (Wildman–Crippen LogP) is 5.02. The molecule has 0 spiro atoms. The summed E-state index contributed by atoms with van der Waals surface area (Å²) in [5.74, 6) is 0.633. The molecule has 6 heteroatoms. The van der Waals surface area contributed by atoms with Gasteiger partial charge in [0, 0.05) is 5.88 Å². The average molecular weight is 321 g/mol. The molecule has 0 rings (SSSR count). The summed E-state index contributed by atoms with van der Waals surface area (Å²) in [5, 5.41) is -1.17. The van der Waals surface area contributed by atoms with Gasteiger partial charge in [0.15, 0.2) is 0 Å². The van der Waals surface area contributed by atoms with Crippen LogP contribution >= 0.6 is 69.6 Å². The second-order valence-corrected chi connectivity index (χ2v) is 6.03. The van der Waals surface area contributed by atoms with Gasteiger partial charge in [-0.2, -0.15) is 0 Å². The van der Waals surface area contributed by atoms with E-state index in [1.165, 1.54) is 0 Å². The Hall–Kier alpha value is 1.74. The number of alkyl halides is 6. The molecular weight excluding hydrogens is 309 g/mol. The van der Waals surface area contributed by atoms with Crippen molar-refractivity contribution in [2.45, 2.75) is 40.2 Å². The van der Waals surface area contributed by atoms with Crippen LogP contribution in [0, 0.1) is 0 Å². The zero-order chi connectivity index (χ0) is 11.1. The summed E-state index contributed by atoms with van der Waals surface area (Å²) in [7, 11) is 0. The van der Waals surface area contributed by atoms with E-state index in [1.807, 2.05) is 0 Å². The van der Waals surface area contributed by atoms with E-state index < -0.39 is 15.6 Å². The van der Waals surface area contributed by atoms with Crippen molar-refractivity contribution >= 4 is 69.6 Å². The molecule has 0 fully saturated rings. The number of unbranched alkanes of at least 4 members (excludes halogenated alkanes) is 1. The van der Waals surface area contributed by atoms with E-state index in [0.29, 0.717) is 5.88 Å². The first-order valence-electron chi connectivity index (χ1n) is 4.27. The van der Waals surface area contributed by atoms with Gasteiger partial charge in [-0.15, -0.1) is 69.6 Å². The number of hydrogen-bond acceptors (Lipinski definition) is 0. The molecule has 0 saturated carbocycles. The fourth-order valence-electron chi connectivity index (χ4n) is 0.932. The van der Waals surface area contributed by atoms with Crippen molar-refractivity contribution in [2.24, 2.45) is 0 Å². The van der Waals surface area contributed by atoms with Gasteiger partial charge in [-0.05, 0) is 12.8 Å². The minimum absolute atomic E-state index is 0.220. The van der Waals surface area contributed by atoms with E-state index in [9.17, 15) is 0 Å². The monoisotopic (exact) mass is 318 g/mol. The van der Waals surface area contributed by atoms with Crippen LogP contribution in [0.15, 0.2) is 0 Å². The van der Waals surface area contributed by atoms with Crippen LogP contribution in [0.2, 0.25) is 0 Å².